The van der Waals surface area contributed by atoms with E-state index in [1.807, 2.05) is 24.3 Å². The molecule has 15 heavy (non-hydrogen) atoms. The number of hydrogen-bond acceptors (Lipinski definition) is 2. The van der Waals surface area contributed by atoms with Crippen LogP contribution in [0.15, 0.2) is 35.3 Å². The summed E-state index contributed by atoms with van der Waals surface area (Å²) in [5, 5.41) is 1.72. The summed E-state index contributed by atoms with van der Waals surface area (Å²) in [4.78, 5) is 14.3. The summed E-state index contributed by atoms with van der Waals surface area (Å²) in [6, 6.07) is 7.62. The van der Waals surface area contributed by atoms with Gasteiger partial charge < -0.3 is 10.7 Å². The van der Waals surface area contributed by atoms with Gasteiger partial charge in [-0.15, -0.1) is 0 Å². The van der Waals surface area contributed by atoms with Crippen LogP contribution in [0.25, 0.3) is 10.8 Å². The number of aromatic nitrogens is 1. The number of fused-ring (bicyclic) bond motifs is 1. The summed E-state index contributed by atoms with van der Waals surface area (Å²) in [6.07, 6.45) is 3.77. The van der Waals surface area contributed by atoms with Crippen molar-refractivity contribution in [3.8, 4) is 0 Å². The molecule has 1 heterocycles. The minimum atomic E-state index is -0.205. The Kier molecular flexibility index (Phi) is 1.56. The smallest absolute Gasteiger partial charge is 0.255 e. The second-order valence-electron chi connectivity index (χ2n) is 4.23. The van der Waals surface area contributed by atoms with Crippen LogP contribution in [0, 0.1) is 0 Å². The molecule has 3 nitrogen and oxygen atoms in total. The lowest BCUT2D eigenvalue weighted by Gasteiger charge is -2.11. The van der Waals surface area contributed by atoms with Crippen molar-refractivity contribution < 1.29 is 0 Å². The molecule has 1 aromatic heterocycles. The minimum absolute atomic E-state index is 0.0430. The predicted octanol–water partition coefficient (Wildman–Crippen LogP) is 1.48. The number of nitrogens with one attached hydrogen (secondary N) is 1. The average molecular weight is 200 g/mol. The van der Waals surface area contributed by atoms with Crippen LogP contribution in [-0.4, -0.2) is 4.98 Å². The van der Waals surface area contributed by atoms with E-state index in [1.165, 1.54) is 0 Å². The normalized spacial score (nSPS) is 17.9. The maximum Gasteiger partial charge on any atom is 0.255 e. The van der Waals surface area contributed by atoms with Crippen molar-refractivity contribution in [3.05, 3.63) is 46.4 Å². The number of pyridine rings is 1. The second-order valence-corrected chi connectivity index (χ2v) is 4.23. The fraction of sp³-hybridized carbons (Fsp3) is 0.250. The Morgan fingerprint density at radius 1 is 1.20 bits per heavy atom. The zero-order chi connectivity index (χ0) is 10.5. The molecule has 2 aromatic rings. The highest BCUT2D eigenvalue weighted by Gasteiger charge is 2.41. The van der Waals surface area contributed by atoms with Gasteiger partial charge in [0, 0.05) is 17.1 Å². The topological polar surface area (TPSA) is 58.9 Å². The third-order valence-corrected chi connectivity index (χ3v) is 3.13. The largest absolute Gasteiger partial charge is 0.328 e. The van der Waals surface area contributed by atoms with Crippen molar-refractivity contribution in [2.75, 3.05) is 0 Å². The Morgan fingerprint density at radius 2 is 1.87 bits per heavy atom. The first-order chi connectivity index (χ1) is 7.21. The summed E-state index contributed by atoms with van der Waals surface area (Å²) in [5.41, 5.74) is 6.98. The number of benzene rings is 1. The third kappa shape index (κ3) is 1.20. The van der Waals surface area contributed by atoms with Crippen molar-refractivity contribution in [3.63, 3.8) is 0 Å². The molecule has 0 unspecified atom stereocenters. The first-order valence-corrected chi connectivity index (χ1v) is 5.10. The lowest BCUT2D eigenvalue weighted by molar-refractivity contribution is 0.742. The highest BCUT2D eigenvalue weighted by Crippen LogP contribution is 2.44. The highest BCUT2D eigenvalue weighted by atomic mass is 16.1. The monoisotopic (exact) mass is 200 g/mol. The predicted molar refractivity (Wildman–Crippen MR) is 59.7 cm³/mol. The van der Waals surface area contributed by atoms with Crippen LogP contribution in [0.2, 0.25) is 0 Å². The molecule has 1 aliphatic carbocycles. The number of H-pyrrole nitrogens is 1. The Morgan fingerprint density at radius 3 is 2.53 bits per heavy atom. The number of aromatic amines is 1. The second kappa shape index (κ2) is 2.70. The maximum atomic E-state index is 11.6. The molecule has 3 heteroatoms. The average Bonchev–Trinajstić information content (AvgIpc) is 2.98. The molecule has 3 N–H and O–H groups in total. The van der Waals surface area contributed by atoms with Gasteiger partial charge in [0.25, 0.3) is 5.56 Å². The van der Waals surface area contributed by atoms with Crippen LogP contribution in [0.5, 0.6) is 0 Å². The summed E-state index contributed by atoms with van der Waals surface area (Å²) in [5.74, 6) is 0. The zero-order valence-corrected chi connectivity index (χ0v) is 8.29. The van der Waals surface area contributed by atoms with E-state index in [0.29, 0.717) is 0 Å². The van der Waals surface area contributed by atoms with E-state index >= 15 is 0 Å². The van der Waals surface area contributed by atoms with Gasteiger partial charge in [-0.05, 0) is 29.9 Å². The van der Waals surface area contributed by atoms with Gasteiger partial charge in [0.1, 0.15) is 0 Å². The standard InChI is InChI=1S/C12H12N2O/c13-12(5-6-12)10-7-14-11(15)9-4-2-1-3-8(9)10/h1-4,7H,5-6,13H2,(H,14,15). The van der Waals surface area contributed by atoms with Crippen LogP contribution in [-0.2, 0) is 5.54 Å². The SMILES string of the molecule is NC1(c2c[nH]c(=O)c3ccccc23)CC1. The summed E-state index contributed by atoms with van der Waals surface area (Å²) < 4.78 is 0. The van der Waals surface area contributed by atoms with Gasteiger partial charge in [0.05, 0.1) is 0 Å². The van der Waals surface area contributed by atoms with Crippen molar-refractivity contribution in [2.24, 2.45) is 5.73 Å². The molecular weight excluding hydrogens is 188 g/mol. The van der Waals surface area contributed by atoms with E-state index in [9.17, 15) is 4.79 Å². The first-order valence-electron chi connectivity index (χ1n) is 5.10. The maximum absolute atomic E-state index is 11.6. The van der Waals surface area contributed by atoms with E-state index < -0.39 is 0 Å². The highest BCUT2D eigenvalue weighted by molar-refractivity contribution is 5.85. The first kappa shape index (κ1) is 8.68. The lowest BCUT2D eigenvalue weighted by Crippen LogP contribution is -2.21. The Labute approximate surface area is 86.9 Å². The number of rotatable bonds is 1. The fourth-order valence-electron chi connectivity index (χ4n) is 2.03. The molecule has 76 valence electrons. The van der Waals surface area contributed by atoms with Crippen LogP contribution < -0.4 is 11.3 Å². The van der Waals surface area contributed by atoms with Crippen molar-refractivity contribution >= 4 is 10.8 Å². The van der Waals surface area contributed by atoms with Gasteiger partial charge in [0.2, 0.25) is 0 Å². The molecule has 0 spiro atoms. The van der Waals surface area contributed by atoms with Crippen LogP contribution in [0.4, 0.5) is 0 Å². The van der Waals surface area contributed by atoms with E-state index in [2.05, 4.69) is 4.98 Å². The Bertz CT molecular complexity index is 581. The lowest BCUT2D eigenvalue weighted by atomic mass is 10.0. The molecule has 1 aliphatic rings. The molecule has 0 atom stereocenters. The number of hydrogen-bond donors (Lipinski definition) is 2. The zero-order valence-electron chi connectivity index (χ0n) is 8.29. The Hall–Kier alpha value is -1.61. The molecule has 0 aliphatic heterocycles. The van der Waals surface area contributed by atoms with Gasteiger partial charge in [-0.3, -0.25) is 4.79 Å². The van der Waals surface area contributed by atoms with E-state index in [4.69, 9.17) is 5.73 Å². The minimum Gasteiger partial charge on any atom is -0.328 e. The summed E-state index contributed by atoms with van der Waals surface area (Å²) >= 11 is 0. The molecule has 1 aromatic carbocycles. The van der Waals surface area contributed by atoms with Gasteiger partial charge >= 0.3 is 0 Å². The van der Waals surface area contributed by atoms with Crippen LogP contribution in [0.1, 0.15) is 18.4 Å². The van der Waals surface area contributed by atoms with E-state index in [1.54, 1.807) is 6.20 Å². The quantitative estimate of drug-likeness (QED) is 0.732. The Balaban J connectivity index is 2.41. The van der Waals surface area contributed by atoms with Gasteiger partial charge in [0.15, 0.2) is 0 Å². The third-order valence-electron chi connectivity index (χ3n) is 3.13. The summed E-state index contributed by atoms with van der Waals surface area (Å²) in [7, 11) is 0. The van der Waals surface area contributed by atoms with Crippen molar-refractivity contribution in [1.82, 2.24) is 4.98 Å². The number of nitrogens with two attached hydrogens (primary N) is 1. The molecule has 3 rings (SSSR count). The summed E-state index contributed by atoms with van der Waals surface area (Å²) in [6.45, 7) is 0. The van der Waals surface area contributed by atoms with Crippen LogP contribution in [0.3, 0.4) is 0 Å². The molecular formula is C12H12N2O. The molecule has 0 bridgehead atoms. The van der Waals surface area contributed by atoms with Gasteiger partial charge in [-0.1, -0.05) is 18.2 Å². The van der Waals surface area contributed by atoms with E-state index in [-0.39, 0.29) is 11.1 Å². The van der Waals surface area contributed by atoms with E-state index in [0.717, 1.165) is 29.2 Å². The van der Waals surface area contributed by atoms with Crippen molar-refractivity contribution in [1.29, 1.82) is 0 Å². The molecule has 0 radical (unpaired) electrons. The molecule has 1 fully saturated rings. The molecule has 0 amide bonds. The van der Waals surface area contributed by atoms with Crippen molar-refractivity contribution in [2.45, 2.75) is 18.4 Å². The van der Waals surface area contributed by atoms with Gasteiger partial charge in [-0.2, -0.15) is 0 Å². The van der Waals surface area contributed by atoms with Crippen LogP contribution >= 0.6 is 0 Å². The fourth-order valence-corrected chi connectivity index (χ4v) is 2.03. The molecule has 1 saturated carbocycles. The van der Waals surface area contributed by atoms with Gasteiger partial charge in [-0.25, -0.2) is 0 Å². The molecule has 0 saturated heterocycles.